The summed E-state index contributed by atoms with van der Waals surface area (Å²) < 4.78 is 13.3. The second kappa shape index (κ2) is 10.8. The lowest BCUT2D eigenvalue weighted by molar-refractivity contribution is -0.139. The minimum atomic E-state index is -0.659. The Morgan fingerprint density at radius 2 is 1.80 bits per heavy atom. The monoisotopic (exact) mass is 450 g/mol. The summed E-state index contributed by atoms with van der Waals surface area (Å²) in [6, 6.07) is 12.8. The molecular formula is C23H28ClFN2O2S. The van der Waals surface area contributed by atoms with Crippen molar-refractivity contribution in [3.63, 3.8) is 0 Å². The van der Waals surface area contributed by atoms with Crippen LogP contribution in [0.3, 0.4) is 0 Å². The summed E-state index contributed by atoms with van der Waals surface area (Å²) in [5.74, 6) is 0.146. The van der Waals surface area contributed by atoms with Gasteiger partial charge >= 0.3 is 0 Å². The molecule has 4 nitrogen and oxygen atoms in total. The number of hydrogen-bond acceptors (Lipinski definition) is 3. The van der Waals surface area contributed by atoms with Crippen molar-refractivity contribution in [3.05, 3.63) is 70.5 Å². The van der Waals surface area contributed by atoms with E-state index in [0.29, 0.717) is 10.8 Å². The van der Waals surface area contributed by atoms with Crippen molar-refractivity contribution in [2.45, 2.75) is 51.6 Å². The molecule has 1 atom stereocenters. The summed E-state index contributed by atoms with van der Waals surface area (Å²) in [7, 11) is 0. The number of carbonyl (C=O) groups is 2. The highest BCUT2D eigenvalue weighted by atomic mass is 35.5. The molecule has 0 radical (unpaired) electrons. The molecule has 2 amide bonds. The van der Waals surface area contributed by atoms with Crippen LogP contribution in [-0.2, 0) is 21.9 Å². The van der Waals surface area contributed by atoms with Gasteiger partial charge in [0.2, 0.25) is 11.8 Å². The van der Waals surface area contributed by atoms with Gasteiger partial charge in [0.25, 0.3) is 0 Å². The van der Waals surface area contributed by atoms with Gasteiger partial charge in [0.05, 0.1) is 5.75 Å². The van der Waals surface area contributed by atoms with Crippen LogP contribution in [-0.4, -0.2) is 34.0 Å². The lowest BCUT2D eigenvalue weighted by Gasteiger charge is -2.31. The molecule has 1 N–H and O–H groups in total. The molecule has 0 aliphatic rings. The molecule has 162 valence electrons. The highest BCUT2D eigenvalue weighted by Gasteiger charge is 2.28. The van der Waals surface area contributed by atoms with Crippen LogP contribution in [0, 0.1) is 5.82 Å². The van der Waals surface area contributed by atoms with Crippen LogP contribution in [0.2, 0.25) is 5.02 Å². The van der Waals surface area contributed by atoms with Crippen molar-refractivity contribution in [3.8, 4) is 0 Å². The molecule has 0 fully saturated rings. The molecule has 0 heterocycles. The summed E-state index contributed by atoms with van der Waals surface area (Å²) in [5, 5.41) is 3.58. The van der Waals surface area contributed by atoms with E-state index in [9.17, 15) is 14.0 Å². The van der Waals surface area contributed by atoms with Crippen molar-refractivity contribution in [2.24, 2.45) is 0 Å². The predicted molar refractivity (Wildman–Crippen MR) is 122 cm³/mol. The van der Waals surface area contributed by atoms with Gasteiger partial charge in [-0.15, -0.1) is 11.8 Å². The molecule has 0 saturated heterocycles. The van der Waals surface area contributed by atoms with Gasteiger partial charge < -0.3 is 10.2 Å². The zero-order valence-corrected chi connectivity index (χ0v) is 19.3. The zero-order chi connectivity index (χ0) is 22.3. The molecule has 0 saturated carbocycles. The number of halogens is 2. The smallest absolute Gasteiger partial charge is 0.242 e. The average Bonchev–Trinajstić information content (AvgIpc) is 2.65. The average molecular weight is 451 g/mol. The molecule has 0 bridgehead atoms. The maximum Gasteiger partial charge on any atom is 0.242 e. The number of nitrogens with zero attached hydrogens (tertiary/aromatic N) is 1. The van der Waals surface area contributed by atoms with Gasteiger partial charge in [0.15, 0.2) is 0 Å². The first kappa shape index (κ1) is 24.2. The quantitative estimate of drug-likeness (QED) is 0.612. The van der Waals surface area contributed by atoms with E-state index >= 15 is 0 Å². The highest BCUT2D eigenvalue weighted by Crippen LogP contribution is 2.19. The molecule has 2 aromatic rings. The van der Waals surface area contributed by atoms with E-state index in [1.165, 1.54) is 23.9 Å². The minimum Gasteiger partial charge on any atom is -0.350 e. The Balaban J connectivity index is 2.09. The van der Waals surface area contributed by atoms with Crippen LogP contribution in [0.5, 0.6) is 0 Å². The first-order valence-electron chi connectivity index (χ1n) is 9.73. The van der Waals surface area contributed by atoms with Gasteiger partial charge in [0, 0.05) is 22.9 Å². The largest absolute Gasteiger partial charge is 0.350 e. The molecule has 0 aliphatic carbocycles. The maximum absolute atomic E-state index is 13.3. The lowest BCUT2D eigenvalue weighted by atomic mass is 10.1. The second-order valence-electron chi connectivity index (χ2n) is 8.19. The van der Waals surface area contributed by atoms with Gasteiger partial charge in [-0.1, -0.05) is 35.9 Å². The Bertz CT molecular complexity index is 868. The molecule has 2 aromatic carbocycles. The summed E-state index contributed by atoms with van der Waals surface area (Å²) in [6.07, 6.45) is 0. The number of carbonyl (C=O) groups excluding carboxylic acids is 2. The molecule has 2 rings (SSSR count). The first-order chi connectivity index (χ1) is 14.0. The molecule has 30 heavy (non-hydrogen) atoms. The first-order valence-corrected chi connectivity index (χ1v) is 11.3. The van der Waals surface area contributed by atoms with Gasteiger partial charge in [0.1, 0.15) is 11.9 Å². The van der Waals surface area contributed by atoms with E-state index in [0.717, 1.165) is 11.1 Å². The van der Waals surface area contributed by atoms with Crippen LogP contribution >= 0.6 is 23.4 Å². The van der Waals surface area contributed by atoms with Gasteiger partial charge in [-0.05, 0) is 63.1 Å². The van der Waals surface area contributed by atoms with Crippen molar-refractivity contribution < 1.29 is 14.0 Å². The fourth-order valence-corrected chi connectivity index (χ4v) is 3.88. The number of hydrogen-bond donors (Lipinski definition) is 1. The van der Waals surface area contributed by atoms with Crippen molar-refractivity contribution in [2.75, 3.05) is 5.75 Å². The fourth-order valence-electron chi connectivity index (χ4n) is 2.81. The maximum atomic E-state index is 13.3. The molecule has 0 spiro atoms. The SMILES string of the molecule is C[C@@H](C(=O)NC(C)(C)C)N(Cc1ccc(F)cc1)C(=O)CSCc1cccc(Cl)c1. The van der Waals surface area contributed by atoms with Gasteiger partial charge in [-0.25, -0.2) is 4.39 Å². The summed E-state index contributed by atoms with van der Waals surface area (Å²) >= 11 is 7.48. The lowest BCUT2D eigenvalue weighted by Crippen LogP contribution is -2.52. The molecule has 0 aliphatic heterocycles. The summed E-state index contributed by atoms with van der Waals surface area (Å²) in [5.41, 5.74) is 1.39. The number of nitrogens with one attached hydrogen (secondary N) is 1. The van der Waals surface area contributed by atoms with E-state index in [2.05, 4.69) is 5.32 Å². The standard InChI is InChI=1S/C23H28ClFN2O2S/c1-16(22(29)26-23(2,3)4)27(13-17-8-10-20(25)11-9-17)21(28)15-30-14-18-6-5-7-19(24)12-18/h5-12,16H,13-15H2,1-4H3,(H,26,29)/t16-/m0/s1. The molecule has 0 aromatic heterocycles. The van der Waals surface area contributed by atoms with E-state index in [-0.39, 0.29) is 29.9 Å². The number of amides is 2. The molecule has 0 unspecified atom stereocenters. The third kappa shape index (κ3) is 8.00. The van der Waals surface area contributed by atoms with Gasteiger partial charge in [-0.3, -0.25) is 9.59 Å². The van der Waals surface area contributed by atoms with Crippen LogP contribution < -0.4 is 5.32 Å². The van der Waals surface area contributed by atoms with E-state index in [1.54, 1.807) is 30.0 Å². The Labute approximate surface area is 187 Å². The number of benzene rings is 2. The normalized spacial score (nSPS) is 12.3. The summed E-state index contributed by atoms with van der Waals surface area (Å²) in [6.45, 7) is 7.62. The Kier molecular flexibility index (Phi) is 8.74. The van der Waals surface area contributed by atoms with Crippen molar-refractivity contribution >= 4 is 35.2 Å². The highest BCUT2D eigenvalue weighted by molar-refractivity contribution is 7.99. The Morgan fingerprint density at radius 3 is 2.40 bits per heavy atom. The van der Waals surface area contributed by atoms with Crippen LogP contribution in [0.1, 0.15) is 38.8 Å². The third-order valence-corrected chi connectivity index (χ3v) is 5.54. The van der Waals surface area contributed by atoms with E-state index in [4.69, 9.17) is 11.6 Å². The molecule has 7 heteroatoms. The Morgan fingerprint density at radius 1 is 1.13 bits per heavy atom. The van der Waals surface area contributed by atoms with E-state index in [1.807, 2.05) is 39.0 Å². The van der Waals surface area contributed by atoms with Gasteiger partial charge in [-0.2, -0.15) is 0 Å². The van der Waals surface area contributed by atoms with Crippen LogP contribution in [0.4, 0.5) is 4.39 Å². The van der Waals surface area contributed by atoms with Crippen molar-refractivity contribution in [1.82, 2.24) is 10.2 Å². The van der Waals surface area contributed by atoms with Crippen molar-refractivity contribution in [1.29, 1.82) is 0 Å². The number of rotatable bonds is 8. The predicted octanol–water partition coefficient (Wildman–Crippen LogP) is 5.04. The second-order valence-corrected chi connectivity index (χ2v) is 9.61. The fraction of sp³-hybridized carbons (Fsp3) is 0.391. The topological polar surface area (TPSA) is 49.4 Å². The Hall–Kier alpha value is -2.05. The van der Waals surface area contributed by atoms with Crippen LogP contribution in [0.25, 0.3) is 0 Å². The zero-order valence-electron chi connectivity index (χ0n) is 17.7. The minimum absolute atomic E-state index is 0.150. The third-order valence-electron chi connectivity index (χ3n) is 4.31. The van der Waals surface area contributed by atoms with Crippen LogP contribution in [0.15, 0.2) is 48.5 Å². The van der Waals surface area contributed by atoms with E-state index < -0.39 is 11.6 Å². The molecular weight excluding hydrogens is 423 g/mol. The number of thioether (sulfide) groups is 1. The summed E-state index contributed by atoms with van der Waals surface area (Å²) in [4.78, 5) is 27.2.